The van der Waals surface area contributed by atoms with Gasteiger partial charge >= 0.3 is 0 Å². The molecule has 0 unspecified atom stereocenters. The summed E-state index contributed by atoms with van der Waals surface area (Å²) in [4.78, 5) is 14.1. The summed E-state index contributed by atoms with van der Waals surface area (Å²) in [5, 5.41) is -0.288. The van der Waals surface area contributed by atoms with E-state index in [2.05, 4.69) is 0 Å². The van der Waals surface area contributed by atoms with Gasteiger partial charge in [-0.3, -0.25) is 4.79 Å². The second kappa shape index (κ2) is 6.08. The standard InChI is InChI=1S/C17H15F2NOS/c1-11-16(21)20(10-12-2-6-14(18)7-3-12)17(22-11)13-4-8-15(19)9-5-13/h2-9,11,17H,10H2,1H3/t11-,17-/m0/s1. The van der Waals surface area contributed by atoms with Crippen molar-refractivity contribution in [3.05, 3.63) is 71.3 Å². The Kier molecular flexibility index (Phi) is 4.16. The second-order valence-electron chi connectivity index (χ2n) is 5.27. The fourth-order valence-electron chi connectivity index (χ4n) is 2.51. The summed E-state index contributed by atoms with van der Waals surface area (Å²) in [7, 11) is 0. The molecule has 2 aromatic rings. The number of benzene rings is 2. The molecular weight excluding hydrogens is 304 g/mol. The van der Waals surface area contributed by atoms with Gasteiger partial charge < -0.3 is 4.90 Å². The highest BCUT2D eigenvalue weighted by Crippen LogP contribution is 2.43. The molecule has 2 aromatic carbocycles. The lowest BCUT2D eigenvalue weighted by atomic mass is 10.1. The number of carbonyl (C=O) groups is 1. The van der Waals surface area contributed by atoms with Crippen molar-refractivity contribution >= 4 is 17.7 Å². The van der Waals surface area contributed by atoms with Crippen molar-refractivity contribution in [1.82, 2.24) is 4.90 Å². The number of nitrogens with zero attached hydrogens (tertiary/aromatic N) is 1. The third-order valence-electron chi connectivity index (χ3n) is 3.67. The molecule has 0 bridgehead atoms. The lowest BCUT2D eigenvalue weighted by molar-refractivity contribution is -0.130. The number of hydrogen-bond acceptors (Lipinski definition) is 2. The Morgan fingerprint density at radius 3 is 2.14 bits per heavy atom. The van der Waals surface area contributed by atoms with Crippen molar-refractivity contribution in [3.63, 3.8) is 0 Å². The Bertz CT molecular complexity index is 672. The molecule has 1 fully saturated rings. The Morgan fingerprint density at radius 1 is 1.00 bits per heavy atom. The Labute approximate surface area is 132 Å². The molecule has 22 heavy (non-hydrogen) atoms. The Morgan fingerprint density at radius 2 is 1.55 bits per heavy atom. The van der Waals surface area contributed by atoms with Gasteiger partial charge in [0.25, 0.3) is 0 Å². The van der Waals surface area contributed by atoms with E-state index < -0.39 is 0 Å². The quantitative estimate of drug-likeness (QED) is 0.848. The summed E-state index contributed by atoms with van der Waals surface area (Å²) in [6.45, 7) is 2.28. The minimum Gasteiger partial charge on any atom is -0.321 e. The maximum atomic E-state index is 13.1. The average Bonchev–Trinajstić information content (AvgIpc) is 2.79. The summed E-state index contributed by atoms with van der Waals surface area (Å²) in [6.07, 6.45) is 0. The molecule has 1 amide bonds. The molecule has 0 spiro atoms. The van der Waals surface area contributed by atoms with Crippen LogP contribution in [0.5, 0.6) is 0 Å². The molecule has 5 heteroatoms. The third-order valence-corrected chi connectivity index (χ3v) is 5.06. The zero-order chi connectivity index (χ0) is 15.7. The Balaban J connectivity index is 1.86. The number of halogens is 2. The SMILES string of the molecule is C[C@@H]1S[C@@H](c2ccc(F)cc2)N(Cc2ccc(F)cc2)C1=O. The maximum Gasteiger partial charge on any atom is 0.236 e. The second-order valence-corrected chi connectivity index (χ2v) is 6.70. The zero-order valence-corrected chi connectivity index (χ0v) is 12.8. The molecular formula is C17H15F2NOS. The fourth-order valence-corrected chi connectivity index (χ4v) is 3.79. The molecule has 1 saturated heterocycles. The van der Waals surface area contributed by atoms with Crippen LogP contribution in [0.2, 0.25) is 0 Å². The van der Waals surface area contributed by atoms with E-state index in [-0.39, 0.29) is 28.2 Å². The van der Waals surface area contributed by atoms with Gasteiger partial charge in [0, 0.05) is 6.54 Å². The number of carbonyl (C=O) groups excluding carboxylic acids is 1. The van der Waals surface area contributed by atoms with Gasteiger partial charge in [0.05, 0.1) is 5.25 Å². The zero-order valence-electron chi connectivity index (χ0n) is 12.0. The summed E-state index contributed by atoms with van der Waals surface area (Å²) in [6, 6.07) is 12.3. The smallest absolute Gasteiger partial charge is 0.236 e. The fraction of sp³-hybridized carbons (Fsp3) is 0.235. The first kappa shape index (κ1) is 15.0. The van der Waals surface area contributed by atoms with Crippen LogP contribution in [0.3, 0.4) is 0 Å². The molecule has 114 valence electrons. The topological polar surface area (TPSA) is 20.3 Å². The number of hydrogen-bond donors (Lipinski definition) is 0. The first-order chi connectivity index (χ1) is 10.5. The van der Waals surface area contributed by atoms with Gasteiger partial charge in [-0.15, -0.1) is 11.8 Å². The van der Waals surface area contributed by atoms with Crippen LogP contribution < -0.4 is 0 Å². The molecule has 1 aliphatic heterocycles. The van der Waals surface area contributed by atoms with Crippen LogP contribution in [0.4, 0.5) is 8.78 Å². The molecule has 1 aliphatic rings. The van der Waals surface area contributed by atoms with Gasteiger partial charge in [0.2, 0.25) is 5.91 Å². The van der Waals surface area contributed by atoms with Crippen LogP contribution in [0, 0.1) is 11.6 Å². The molecule has 0 radical (unpaired) electrons. The lowest BCUT2D eigenvalue weighted by Gasteiger charge is -2.24. The normalized spacial score (nSPS) is 21.4. The van der Waals surface area contributed by atoms with Crippen molar-refractivity contribution in [2.24, 2.45) is 0 Å². The largest absolute Gasteiger partial charge is 0.321 e. The van der Waals surface area contributed by atoms with Gasteiger partial charge in [-0.2, -0.15) is 0 Å². The third kappa shape index (κ3) is 2.99. The van der Waals surface area contributed by atoms with E-state index >= 15 is 0 Å². The van der Waals surface area contributed by atoms with E-state index in [1.165, 1.54) is 24.3 Å². The van der Waals surface area contributed by atoms with Crippen molar-refractivity contribution < 1.29 is 13.6 Å². The van der Waals surface area contributed by atoms with E-state index in [1.807, 2.05) is 6.92 Å². The highest BCUT2D eigenvalue weighted by molar-refractivity contribution is 8.01. The summed E-state index contributed by atoms with van der Waals surface area (Å²) in [5.41, 5.74) is 1.77. The molecule has 2 atom stereocenters. The number of thioether (sulfide) groups is 1. The van der Waals surface area contributed by atoms with Crippen LogP contribution in [-0.2, 0) is 11.3 Å². The van der Waals surface area contributed by atoms with Gasteiger partial charge in [-0.25, -0.2) is 8.78 Å². The van der Waals surface area contributed by atoms with E-state index in [4.69, 9.17) is 0 Å². The van der Waals surface area contributed by atoms with Crippen LogP contribution in [0.25, 0.3) is 0 Å². The van der Waals surface area contributed by atoms with E-state index in [0.717, 1.165) is 11.1 Å². The van der Waals surface area contributed by atoms with Crippen molar-refractivity contribution in [2.75, 3.05) is 0 Å². The predicted molar refractivity (Wildman–Crippen MR) is 83.1 cm³/mol. The minimum atomic E-state index is -0.297. The summed E-state index contributed by atoms with van der Waals surface area (Å²) in [5.74, 6) is -0.547. The molecule has 3 rings (SSSR count). The van der Waals surface area contributed by atoms with Crippen molar-refractivity contribution in [2.45, 2.75) is 24.1 Å². The van der Waals surface area contributed by atoms with Crippen molar-refractivity contribution in [1.29, 1.82) is 0 Å². The van der Waals surface area contributed by atoms with E-state index in [9.17, 15) is 13.6 Å². The average molecular weight is 319 g/mol. The first-order valence-electron chi connectivity index (χ1n) is 7.00. The summed E-state index contributed by atoms with van der Waals surface area (Å²) < 4.78 is 26.1. The summed E-state index contributed by atoms with van der Waals surface area (Å²) >= 11 is 1.54. The monoisotopic (exact) mass is 319 g/mol. The molecule has 0 saturated carbocycles. The predicted octanol–water partition coefficient (Wildman–Crippen LogP) is 4.13. The van der Waals surface area contributed by atoms with E-state index in [0.29, 0.717) is 6.54 Å². The van der Waals surface area contributed by atoms with Crippen LogP contribution >= 0.6 is 11.8 Å². The number of amides is 1. The molecule has 0 aromatic heterocycles. The van der Waals surface area contributed by atoms with Crippen molar-refractivity contribution in [3.8, 4) is 0 Å². The van der Waals surface area contributed by atoms with E-state index in [1.54, 1.807) is 40.9 Å². The molecule has 1 heterocycles. The molecule has 0 N–H and O–H groups in total. The van der Waals surface area contributed by atoms with Crippen LogP contribution in [-0.4, -0.2) is 16.1 Å². The van der Waals surface area contributed by atoms with Crippen LogP contribution in [0.1, 0.15) is 23.4 Å². The maximum absolute atomic E-state index is 13.1. The number of rotatable bonds is 3. The van der Waals surface area contributed by atoms with Gasteiger partial charge in [0.15, 0.2) is 0 Å². The van der Waals surface area contributed by atoms with Crippen LogP contribution in [0.15, 0.2) is 48.5 Å². The van der Waals surface area contributed by atoms with Gasteiger partial charge in [-0.05, 0) is 42.3 Å². The molecule has 2 nitrogen and oxygen atoms in total. The van der Waals surface area contributed by atoms with Gasteiger partial charge in [0.1, 0.15) is 17.0 Å². The highest BCUT2D eigenvalue weighted by atomic mass is 32.2. The first-order valence-corrected chi connectivity index (χ1v) is 7.95. The Hall–Kier alpha value is -1.88. The van der Waals surface area contributed by atoms with Gasteiger partial charge in [-0.1, -0.05) is 24.3 Å². The minimum absolute atomic E-state index is 0.0450. The molecule has 0 aliphatic carbocycles. The highest BCUT2D eigenvalue weighted by Gasteiger charge is 2.38. The lowest BCUT2D eigenvalue weighted by Crippen LogP contribution is -2.29.